The predicted molar refractivity (Wildman–Crippen MR) is 63.2 cm³/mol. The second-order valence-corrected chi connectivity index (χ2v) is 3.88. The molecule has 0 radical (unpaired) electrons. The molecule has 0 saturated carbocycles. The first-order valence-electron chi connectivity index (χ1n) is 5.39. The average molecular weight is 230 g/mol. The van der Waals surface area contributed by atoms with Crippen LogP contribution in [0.3, 0.4) is 0 Å². The van der Waals surface area contributed by atoms with Crippen molar-refractivity contribution in [2.45, 2.75) is 38.8 Å². The molecule has 0 aliphatic rings. The number of carbonyl (C=O) groups excluding carboxylic acids is 1. The Morgan fingerprint density at radius 2 is 2.12 bits per heavy atom. The van der Waals surface area contributed by atoms with E-state index in [4.69, 9.17) is 15.9 Å². The number of guanidine groups is 1. The summed E-state index contributed by atoms with van der Waals surface area (Å²) in [5, 5.41) is 12.8. The third kappa shape index (κ3) is 7.05. The SMILES string of the molecule is COC(=O)[C@H](CCCNC(=N)N)NC(C)C. The van der Waals surface area contributed by atoms with E-state index < -0.39 is 0 Å². The van der Waals surface area contributed by atoms with Crippen molar-refractivity contribution in [3.8, 4) is 0 Å². The van der Waals surface area contributed by atoms with Crippen LogP contribution in [0.15, 0.2) is 0 Å². The van der Waals surface area contributed by atoms with Gasteiger partial charge in [-0.05, 0) is 12.8 Å². The van der Waals surface area contributed by atoms with Crippen LogP contribution >= 0.6 is 0 Å². The number of methoxy groups -OCH3 is 1. The van der Waals surface area contributed by atoms with Gasteiger partial charge in [0.25, 0.3) is 0 Å². The number of ether oxygens (including phenoxy) is 1. The molecule has 6 heteroatoms. The van der Waals surface area contributed by atoms with Crippen molar-refractivity contribution in [1.29, 1.82) is 5.41 Å². The van der Waals surface area contributed by atoms with Gasteiger partial charge in [-0.2, -0.15) is 0 Å². The molecule has 0 heterocycles. The molecule has 0 spiro atoms. The standard InChI is InChI=1S/C10H22N4O2/c1-7(2)14-8(9(15)16-3)5-4-6-13-10(11)12/h7-8,14H,4-6H2,1-3H3,(H4,11,12,13)/t8-/m0/s1. The van der Waals surface area contributed by atoms with Crippen LogP contribution in [0.1, 0.15) is 26.7 Å². The molecule has 0 unspecified atom stereocenters. The maximum Gasteiger partial charge on any atom is 0.322 e. The van der Waals surface area contributed by atoms with E-state index >= 15 is 0 Å². The summed E-state index contributed by atoms with van der Waals surface area (Å²) in [7, 11) is 1.38. The Morgan fingerprint density at radius 1 is 1.50 bits per heavy atom. The summed E-state index contributed by atoms with van der Waals surface area (Å²) in [6.07, 6.45) is 1.41. The fourth-order valence-corrected chi connectivity index (χ4v) is 1.34. The highest BCUT2D eigenvalue weighted by molar-refractivity contribution is 5.75. The van der Waals surface area contributed by atoms with Crippen LogP contribution in [-0.2, 0) is 9.53 Å². The fraction of sp³-hybridized carbons (Fsp3) is 0.800. The number of hydrogen-bond donors (Lipinski definition) is 4. The van der Waals surface area contributed by atoms with Crippen LogP contribution in [0, 0.1) is 5.41 Å². The van der Waals surface area contributed by atoms with Gasteiger partial charge in [0.1, 0.15) is 6.04 Å². The minimum Gasteiger partial charge on any atom is -0.468 e. The predicted octanol–water partition coefficient (Wildman–Crippen LogP) is -0.211. The first-order chi connectivity index (χ1) is 7.47. The molecular weight excluding hydrogens is 208 g/mol. The summed E-state index contributed by atoms with van der Waals surface area (Å²) >= 11 is 0. The van der Waals surface area contributed by atoms with Gasteiger partial charge in [-0.15, -0.1) is 0 Å². The molecule has 6 nitrogen and oxygen atoms in total. The molecule has 0 amide bonds. The van der Waals surface area contributed by atoms with Gasteiger partial charge in [-0.3, -0.25) is 10.2 Å². The summed E-state index contributed by atoms with van der Waals surface area (Å²) in [5.41, 5.74) is 5.14. The Hall–Kier alpha value is -1.30. The van der Waals surface area contributed by atoms with Gasteiger partial charge in [-0.25, -0.2) is 0 Å². The molecule has 0 fully saturated rings. The minimum atomic E-state index is -0.293. The van der Waals surface area contributed by atoms with E-state index in [0.717, 1.165) is 6.42 Å². The normalized spacial score (nSPS) is 12.2. The number of esters is 1. The lowest BCUT2D eigenvalue weighted by molar-refractivity contribution is -0.143. The van der Waals surface area contributed by atoms with Gasteiger partial charge in [0.15, 0.2) is 5.96 Å². The molecular formula is C10H22N4O2. The van der Waals surface area contributed by atoms with E-state index in [2.05, 4.69) is 10.6 Å². The highest BCUT2D eigenvalue weighted by atomic mass is 16.5. The number of hydrogen-bond acceptors (Lipinski definition) is 4. The number of nitrogens with two attached hydrogens (primary N) is 1. The Labute approximate surface area is 96.4 Å². The van der Waals surface area contributed by atoms with Crippen LogP contribution < -0.4 is 16.4 Å². The number of carbonyl (C=O) groups is 1. The molecule has 0 bridgehead atoms. The second-order valence-electron chi connectivity index (χ2n) is 3.88. The van der Waals surface area contributed by atoms with Gasteiger partial charge >= 0.3 is 5.97 Å². The minimum absolute atomic E-state index is 0.0496. The summed E-state index contributed by atoms with van der Waals surface area (Å²) < 4.78 is 4.70. The van der Waals surface area contributed by atoms with Crippen LogP contribution in [-0.4, -0.2) is 37.7 Å². The molecule has 16 heavy (non-hydrogen) atoms. The number of rotatable bonds is 7. The Kier molecular flexibility index (Phi) is 7.28. The monoisotopic (exact) mass is 230 g/mol. The van der Waals surface area contributed by atoms with Gasteiger partial charge in [0.05, 0.1) is 7.11 Å². The maximum atomic E-state index is 11.4. The quantitative estimate of drug-likeness (QED) is 0.210. The van der Waals surface area contributed by atoms with E-state index in [1.807, 2.05) is 13.8 Å². The average Bonchev–Trinajstić information content (AvgIpc) is 2.20. The molecule has 0 saturated heterocycles. The van der Waals surface area contributed by atoms with E-state index in [1.165, 1.54) is 7.11 Å². The topological polar surface area (TPSA) is 100 Å². The highest BCUT2D eigenvalue weighted by Gasteiger charge is 2.18. The summed E-state index contributed by atoms with van der Waals surface area (Å²) in [5.74, 6) is -0.303. The summed E-state index contributed by atoms with van der Waals surface area (Å²) in [4.78, 5) is 11.4. The molecule has 94 valence electrons. The van der Waals surface area contributed by atoms with Crippen molar-refractivity contribution in [1.82, 2.24) is 10.6 Å². The molecule has 0 aromatic heterocycles. The molecule has 0 aliphatic carbocycles. The molecule has 5 N–H and O–H groups in total. The maximum absolute atomic E-state index is 11.4. The Morgan fingerprint density at radius 3 is 2.56 bits per heavy atom. The zero-order valence-corrected chi connectivity index (χ0v) is 10.2. The van der Waals surface area contributed by atoms with E-state index in [-0.39, 0.29) is 24.0 Å². The van der Waals surface area contributed by atoms with Crippen molar-refractivity contribution < 1.29 is 9.53 Å². The molecule has 0 rings (SSSR count). The third-order valence-electron chi connectivity index (χ3n) is 2.01. The van der Waals surface area contributed by atoms with Crippen molar-refractivity contribution in [3.63, 3.8) is 0 Å². The molecule has 0 aliphatic heterocycles. The molecule has 0 aromatic carbocycles. The summed E-state index contributed by atoms with van der Waals surface area (Å²) in [6.45, 7) is 4.54. The fourth-order valence-electron chi connectivity index (χ4n) is 1.34. The van der Waals surface area contributed by atoms with Crippen LogP contribution in [0.4, 0.5) is 0 Å². The van der Waals surface area contributed by atoms with Crippen molar-refractivity contribution in [2.75, 3.05) is 13.7 Å². The zero-order valence-electron chi connectivity index (χ0n) is 10.2. The Bertz CT molecular complexity index is 231. The largest absolute Gasteiger partial charge is 0.468 e. The zero-order chi connectivity index (χ0) is 12.6. The van der Waals surface area contributed by atoms with Crippen LogP contribution in [0.5, 0.6) is 0 Å². The van der Waals surface area contributed by atoms with Gasteiger partial charge in [0.2, 0.25) is 0 Å². The van der Waals surface area contributed by atoms with Crippen molar-refractivity contribution in [2.24, 2.45) is 5.73 Å². The lowest BCUT2D eigenvalue weighted by Gasteiger charge is -2.18. The highest BCUT2D eigenvalue weighted by Crippen LogP contribution is 2.00. The lowest BCUT2D eigenvalue weighted by atomic mass is 10.1. The van der Waals surface area contributed by atoms with Crippen molar-refractivity contribution >= 4 is 11.9 Å². The van der Waals surface area contributed by atoms with E-state index in [0.29, 0.717) is 13.0 Å². The van der Waals surface area contributed by atoms with Crippen LogP contribution in [0.2, 0.25) is 0 Å². The van der Waals surface area contributed by atoms with E-state index in [9.17, 15) is 4.79 Å². The first kappa shape index (κ1) is 14.7. The van der Waals surface area contributed by atoms with Gasteiger partial charge in [0, 0.05) is 12.6 Å². The second kappa shape index (κ2) is 7.92. The van der Waals surface area contributed by atoms with Gasteiger partial charge in [-0.1, -0.05) is 13.8 Å². The first-order valence-corrected chi connectivity index (χ1v) is 5.39. The smallest absolute Gasteiger partial charge is 0.322 e. The Balaban J connectivity index is 3.92. The van der Waals surface area contributed by atoms with Crippen LogP contribution in [0.25, 0.3) is 0 Å². The molecule has 1 atom stereocenters. The number of nitrogens with one attached hydrogen (secondary N) is 3. The molecule has 0 aromatic rings. The van der Waals surface area contributed by atoms with Gasteiger partial charge < -0.3 is 21.1 Å². The lowest BCUT2D eigenvalue weighted by Crippen LogP contribution is -2.42. The van der Waals surface area contributed by atoms with E-state index in [1.54, 1.807) is 0 Å². The van der Waals surface area contributed by atoms with Crippen molar-refractivity contribution in [3.05, 3.63) is 0 Å². The third-order valence-corrected chi connectivity index (χ3v) is 2.01. The summed E-state index contributed by atoms with van der Waals surface area (Å²) in [6, 6.07) is -0.0661.